The number of hydrogen-bond acceptors (Lipinski definition) is 7. The molecule has 1 heterocycles. The van der Waals surface area contributed by atoms with Gasteiger partial charge in [-0.1, -0.05) is 5.16 Å². The minimum atomic E-state index is -1.26. The second-order valence-electron chi connectivity index (χ2n) is 4.09. The maximum absolute atomic E-state index is 11.8. The molecular weight excluding hydrogens is 284 g/mol. The molecule has 9 heteroatoms. The molecule has 0 fully saturated rings. The Morgan fingerprint density at radius 1 is 1.43 bits per heavy atom. The largest absolute Gasteiger partial charge is 0.480 e. The molecule has 0 radical (unpaired) electrons. The SMILES string of the molecule is COCc1cc(C(=O)N[C@@H](CCC(=O)OC)C(=O)O)no1. The van der Waals surface area contributed by atoms with E-state index in [0.29, 0.717) is 5.76 Å². The molecule has 21 heavy (non-hydrogen) atoms. The minimum absolute atomic E-state index is 0.0635. The van der Waals surface area contributed by atoms with Crippen LogP contribution in [-0.4, -0.2) is 48.4 Å². The quantitative estimate of drug-likeness (QED) is 0.640. The van der Waals surface area contributed by atoms with Crippen LogP contribution >= 0.6 is 0 Å². The van der Waals surface area contributed by atoms with Crippen LogP contribution in [0.15, 0.2) is 10.6 Å². The number of rotatable bonds is 8. The number of aliphatic carboxylic acids is 1. The Kier molecular flexibility index (Phi) is 6.34. The van der Waals surface area contributed by atoms with Crippen LogP contribution in [0.5, 0.6) is 0 Å². The van der Waals surface area contributed by atoms with Gasteiger partial charge in [0.2, 0.25) is 0 Å². The number of carbonyl (C=O) groups is 3. The summed E-state index contributed by atoms with van der Waals surface area (Å²) in [6.45, 7) is 0.144. The van der Waals surface area contributed by atoms with Gasteiger partial charge in [0, 0.05) is 19.6 Å². The first-order valence-corrected chi connectivity index (χ1v) is 6.03. The molecule has 1 rings (SSSR count). The van der Waals surface area contributed by atoms with Crippen LogP contribution in [0.4, 0.5) is 0 Å². The number of carboxylic acid groups (broad SMARTS) is 1. The van der Waals surface area contributed by atoms with Crippen LogP contribution in [0.2, 0.25) is 0 Å². The molecule has 0 saturated heterocycles. The van der Waals surface area contributed by atoms with Crippen molar-refractivity contribution in [3.05, 3.63) is 17.5 Å². The molecule has 0 spiro atoms. The molecule has 1 aromatic heterocycles. The highest BCUT2D eigenvalue weighted by Crippen LogP contribution is 2.06. The highest BCUT2D eigenvalue weighted by Gasteiger charge is 2.23. The summed E-state index contributed by atoms with van der Waals surface area (Å²) < 4.78 is 14.0. The van der Waals surface area contributed by atoms with Crippen molar-refractivity contribution in [2.45, 2.75) is 25.5 Å². The summed E-state index contributed by atoms with van der Waals surface area (Å²) in [4.78, 5) is 33.9. The van der Waals surface area contributed by atoms with E-state index in [0.717, 1.165) is 0 Å². The monoisotopic (exact) mass is 300 g/mol. The molecule has 0 bridgehead atoms. The maximum atomic E-state index is 11.8. The van der Waals surface area contributed by atoms with Gasteiger partial charge in [-0.25, -0.2) is 4.79 Å². The molecule has 1 atom stereocenters. The zero-order chi connectivity index (χ0) is 15.8. The van der Waals surface area contributed by atoms with E-state index in [9.17, 15) is 14.4 Å². The van der Waals surface area contributed by atoms with Crippen LogP contribution in [0.3, 0.4) is 0 Å². The van der Waals surface area contributed by atoms with E-state index < -0.39 is 23.9 Å². The zero-order valence-corrected chi connectivity index (χ0v) is 11.6. The molecule has 1 aromatic rings. The van der Waals surface area contributed by atoms with Crippen molar-refractivity contribution in [2.75, 3.05) is 14.2 Å². The predicted octanol–water partition coefficient (Wildman–Crippen LogP) is -0.0428. The van der Waals surface area contributed by atoms with Crippen molar-refractivity contribution < 1.29 is 33.5 Å². The van der Waals surface area contributed by atoms with Gasteiger partial charge in [-0.05, 0) is 6.42 Å². The molecule has 0 aliphatic rings. The average molecular weight is 300 g/mol. The smallest absolute Gasteiger partial charge is 0.326 e. The van der Waals surface area contributed by atoms with Crippen LogP contribution < -0.4 is 5.32 Å². The number of carboxylic acids is 1. The van der Waals surface area contributed by atoms with Gasteiger partial charge < -0.3 is 24.4 Å². The summed E-state index contributed by atoms with van der Waals surface area (Å²) in [5.74, 6) is -2.19. The van der Waals surface area contributed by atoms with Crippen LogP contribution in [0.1, 0.15) is 29.1 Å². The number of nitrogens with one attached hydrogen (secondary N) is 1. The number of methoxy groups -OCH3 is 2. The second kappa shape index (κ2) is 8.00. The fourth-order valence-corrected chi connectivity index (χ4v) is 1.48. The number of hydrogen-bond donors (Lipinski definition) is 2. The molecule has 116 valence electrons. The average Bonchev–Trinajstić information content (AvgIpc) is 2.91. The van der Waals surface area contributed by atoms with Crippen molar-refractivity contribution in [3.63, 3.8) is 0 Å². The van der Waals surface area contributed by atoms with Crippen LogP contribution in [0, 0.1) is 0 Å². The zero-order valence-electron chi connectivity index (χ0n) is 11.6. The summed E-state index contributed by atoms with van der Waals surface area (Å²) in [6.07, 6.45) is -0.210. The van der Waals surface area contributed by atoms with Crippen molar-refractivity contribution >= 4 is 17.8 Å². The van der Waals surface area contributed by atoms with E-state index >= 15 is 0 Å². The molecule has 2 N–H and O–H groups in total. The highest BCUT2D eigenvalue weighted by molar-refractivity contribution is 5.95. The molecular formula is C12H16N2O7. The normalized spacial score (nSPS) is 11.7. The third kappa shape index (κ3) is 5.22. The molecule has 0 aromatic carbocycles. The Labute approximate surface area is 120 Å². The molecule has 0 saturated carbocycles. The number of nitrogens with zero attached hydrogens (tertiary/aromatic N) is 1. The van der Waals surface area contributed by atoms with Crippen molar-refractivity contribution in [2.24, 2.45) is 0 Å². The van der Waals surface area contributed by atoms with Gasteiger partial charge in [0.25, 0.3) is 5.91 Å². The molecule has 0 unspecified atom stereocenters. The number of carbonyl (C=O) groups excluding carboxylic acids is 2. The summed E-state index contributed by atoms with van der Waals surface area (Å²) in [7, 11) is 2.65. The number of aromatic nitrogens is 1. The fourth-order valence-electron chi connectivity index (χ4n) is 1.48. The van der Waals surface area contributed by atoms with E-state index in [1.807, 2.05) is 0 Å². The third-order valence-corrected chi connectivity index (χ3v) is 2.55. The Morgan fingerprint density at radius 2 is 2.14 bits per heavy atom. The Bertz CT molecular complexity index is 511. The van der Waals surface area contributed by atoms with Gasteiger partial charge in [-0.3, -0.25) is 9.59 Å². The van der Waals surface area contributed by atoms with E-state index in [2.05, 4.69) is 15.2 Å². The summed E-state index contributed by atoms with van der Waals surface area (Å²) in [5.41, 5.74) is -0.0635. The van der Waals surface area contributed by atoms with Crippen molar-refractivity contribution in [1.29, 1.82) is 0 Å². The third-order valence-electron chi connectivity index (χ3n) is 2.55. The molecule has 9 nitrogen and oxygen atoms in total. The van der Waals surface area contributed by atoms with Gasteiger partial charge in [0.15, 0.2) is 11.5 Å². The first-order valence-electron chi connectivity index (χ1n) is 6.03. The number of amides is 1. The van der Waals surface area contributed by atoms with Gasteiger partial charge >= 0.3 is 11.9 Å². The molecule has 1 amide bonds. The lowest BCUT2D eigenvalue weighted by molar-refractivity contribution is -0.142. The van der Waals surface area contributed by atoms with Crippen LogP contribution in [0.25, 0.3) is 0 Å². The second-order valence-corrected chi connectivity index (χ2v) is 4.09. The predicted molar refractivity (Wildman–Crippen MR) is 67.4 cm³/mol. The van der Waals surface area contributed by atoms with Gasteiger partial charge in [-0.15, -0.1) is 0 Å². The highest BCUT2D eigenvalue weighted by atomic mass is 16.5. The van der Waals surface area contributed by atoms with Gasteiger partial charge in [0.1, 0.15) is 12.6 Å². The standard InChI is InChI=1S/C12H16N2O7/c1-19-6-7-5-9(14-21-7)11(16)13-8(12(17)18)3-4-10(15)20-2/h5,8H,3-4,6H2,1-2H3,(H,13,16)(H,17,18)/t8-/m0/s1. The molecule has 0 aliphatic carbocycles. The molecule has 0 aliphatic heterocycles. The van der Waals surface area contributed by atoms with Crippen molar-refractivity contribution in [3.8, 4) is 0 Å². The Hall–Kier alpha value is -2.42. The first kappa shape index (κ1) is 16.6. The topological polar surface area (TPSA) is 128 Å². The van der Waals surface area contributed by atoms with Gasteiger partial charge in [-0.2, -0.15) is 0 Å². The van der Waals surface area contributed by atoms with Crippen LogP contribution in [-0.2, 0) is 25.7 Å². The van der Waals surface area contributed by atoms with Crippen molar-refractivity contribution in [1.82, 2.24) is 10.5 Å². The lowest BCUT2D eigenvalue weighted by Crippen LogP contribution is -2.41. The van der Waals surface area contributed by atoms with E-state index in [1.54, 1.807) is 0 Å². The fraction of sp³-hybridized carbons (Fsp3) is 0.500. The summed E-state index contributed by atoms with van der Waals surface area (Å²) in [5, 5.41) is 14.8. The number of ether oxygens (including phenoxy) is 2. The van der Waals surface area contributed by atoms with Gasteiger partial charge in [0.05, 0.1) is 7.11 Å². The van der Waals surface area contributed by atoms with E-state index in [-0.39, 0.29) is 25.1 Å². The first-order chi connectivity index (χ1) is 9.97. The minimum Gasteiger partial charge on any atom is -0.480 e. The maximum Gasteiger partial charge on any atom is 0.326 e. The Morgan fingerprint density at radius 3 is 2.71 bits per heavy atom. The summed E-state index contributed by atoms with van der Waals surface area (Å²) in [6, 6.07) is 0.122. The van der Waals surface area contributed by atoms with E-state index in [4.69, 9.17) is 14.4 Å². The lowest BCUT2D eigenvalue weighted by atomic mass is 10.1. The summed E-state index contributed by atoms with van der Waals surface area (Å²) >= 11 is 0. The lowest BCUT2D eigenvalue weighted by Gasteiger charge is -2.12. The van der Waals surface area contributed by atoms with E-state index in [1.165, 1.54) is 20.3 Å². The number of esters is 1. The Balaban J connectivity index is 2.62.